The molecule has 19 heavy (non-hydrogen) atoms. The lowest BCUT2D eigenvalue weighted by molar-refractivity contribution is 0.345. The van der Waals surface area contributed by atoms with E-state index in [1.807, 2.05) is 13.8 Å². The molecule has 1 heterocycles. The number of unbranched alkanes of at least 4 members (excludes halogenated alkanes) is 2. The SMILES string of the molecule is CCCCCN(C(C)C)S(=O)(=O)c1cccnc1N. The maximum absolute atomic E-state index is 12.6. The Kier molecular flexibility index (Phi) is 5.75. The second-order valence-electron chi connectivity index (χ2n) is 4.80. The number of aromatic nitrogens is 1. The molecule has 0 aliphatic rings. The van der Waals surface area contributed by atoms with Crippen molar-refractivity contribution in [2.24, 2.45) is 0 Å². The van der Waals surface area contributed by atoms with Crippen molar-refractivity contribution in [2.45, 2.75) is 51.0 Å². The van der Waals surface area contributed by atoms with Crippen molar-refractivity contribution in [3.05, 3.63) is 18.3 Å². The number of nitrogen functional groups attached to an aromatic ring is 1. The Morgan fingerprint density at radius 1 is 1.37 bits per heavy atom. The van der Waals surface area contributed by atoms with E-state index in [0.29, 0.717) is 6.54 Å². The van der Waals surface area contributed by atoms with Gasteiger partial charge in [-0.05, 0) is 32.4 Å². The van der Waals surface area contributed by atoms with Gasteiger partial charge in [0.25, 0.3) is 0 Å². The number of pyridine rings is 1. The molecule has 0 fully saturated rings. The molecule has 0 saturated carbocycles. The third kappa shape index (κ3) is 3.91. The van der Waals surface area contributed by atoms with Crippen molar-refractivity contribution in [3.8, 4) is 0 Å². The van der Waals surface area contributed by atoms with Crippen LogP contribution in [0.1, 0.15) is 40.0 Å². The molecule has 5 nitrogen and oxygen atoms in total. The van der Waals surface area contributed by atoms with E-state index in [4.69, 9.17) is 5.73 Å². The van der Waals surface area contributed by atoms with E-state index in [0.717, 1.165) is 19.3 Å². The first-order chi connectivity index (χ1) is 8.91. The van der Waals surface area contributed by atoms with Gasteiger partial charge in [0.2, 0.25) is 10.0 Å². The number of rotatable bonds is 7. The van der Waals surface area contributed by atoms with Crippen molar-refractivity contribution in [1.82, 2.24) is 9.29 Å². The third-order valence-electron chi connectivity index (χ3n) is 2.94. The molecule has 1 rings (SSSR count). The summed E-state index contributed by atoms with van der Waals surface area (Å²) in [5, 5.41) is 0. The Morgan fingerprint density at radius 2 is 2.05 bits per heavy atom. The number of sulfonamides is 1. The summed E-state index contributed by atoms with van der Waals surface area (Å²) in [6.07, 6.45) is 4.42. The number of hydrogen-bond donors (Lipinski definition) is 1. The van der Waals surface area contributed by atoms with Crippen LogP contribution in [0.15, 0.2) is 23.2 Å². The van der Waals surface area contributed by atoms with Gasteiger partial charge in [-0.1, -0.05) is 19.8 Å². The highest BCUT2D eigenvalue weighted by molar-refractivity contribution is 7.89. The predicted molar refractivity (Wildman–Crippen MR) is 77.2 cm³/mol. The maximum Gasteiger partial charge on any atom is 0.246 e. The van der Waals surface area contributed by atoms with Gasteiger partial charge >= 0.3 is 0 Å². The smallest absolute Gasteiger partial charge is 0.246 e. The lowest BCUT2D eigenvalue weighted by atomic mass is 10.2. The van der Waals surface area contributed by atoms with Crippen molar-refractivity contribution in [3.63, 3.8) is 0 Å². The van der Waals surface area contributed by atoms with Gasteiger partial charge in [-0.15, -0.1) is 0 Å². The molecule has 0 radical (unpaired) electrons. The van der Waals surface area contributed by atoms with Crippen molar-refractivity contribution >= 4 is 15.8 Å². The summed E-state index contributed by atoms with van der Waals surface area (Å²) in [6, 6.07) is 3.00. The molecule has 108 valence electrons. The minimum Gasteiger partial charge on any atom is -0.383 e. The van der Waals surface area contributed by atoms with E-state index in [9.17, 15) is 8.42 Å². The molecule has 0 atom stereocenters. The van der Waals surface area contributed by atoms with Crippen molar-refractivity contribution in [1.29, 1.82) is 0 Å². The van der Waals surface area contributed by atoms with Gasteiger partial charge in [0, 0.05) is 18.8 Å². The van der Waals surface area contributed by atoms with Gasteiger partial charge < -0.3 is 5.73 Å². The summed E-state index contributed by atoms with van der Waals surface area (Å²) in [4.78, 5) is 3.95. The Labute approximate surface area is 115 Å². The Hall–Kier alpha value is -1.14. The highest BCUT2D eigenvalue weighted by Crippen LogP contribution is 2.22. The van der Waals surface area contributed by atoms with Crippen LogP contribution in [-0.2, 0) is 10.0 Å². The summed E-state index contributed by atoms with van der Waals surface area (Å²) < 4.78 is 26.7. The van der Waals surface area contributed by atoms with E-state index in [1.54, 1.807) is 6.07 Å². The minimum absolute atomic E-state index is 0.0589. The van der Waals surface area contributed by atoms with Gasteiger partial charge in [-0.25, -0.2) is 13.4 Å². The molecular formula is C13H23N3O2S. The number of anilines is 1. The Balaban J connectivity index is 3.03. The highest BCUT2D eigenvalue weighted by atomic mass is 32.2. The Morgan fingerprint density at radius 3 is 2.58 bits per heavy atom. The summed E-state index contributed by atoms with van der Waals surface area (Å²) in [5.74, 6) is 0.0589. The van der Waals surface area contributed by atoms with Crippen LogP contribution in [0.5, 0.6) is 0 Å². The molecule has 0 aliphatic heterocycles. The van der Waals surface area contributed by atoms with E-state index in [2.05, 4.69) is 11.9 Å². The second kappa shape index (κ2) is 6.86. The van der Waals surface area contributed by atoms with Crippen LogP contribution in [0.2, 0.25) is 0 Å². The summed E-state index contributed by atoms with van der Waals surface area (Å²) in [6.45, 7) is 6.35. The van der Waals surface area contributed by atoms with Crippen LogP contribution in [0.4, 0.5) is 5.82 Å². The molecule has 0 spiro atoms. The first kappa shape index (κ1) is 15.9. The van der Waals surface area contributed by atoms with Crippen molar-refractivity contribution < 1.29 is 8.42 Å². The fourth-order valence-corrected chi connectivity index (χ4v) is 3.67. The van der Waals surface area contributed by atoms with E-state index in [1.165, 1.54) is 16.6 Å². The van der Waals surface area contributed by atoms with Crippen molar-refractivity contribution in [2.75, 3.05) is 12.3 Å². The highest BCUT2D eigenvalue weighted by Gasteiger charge is 2.28. The van der Waals surface area contributed by atoms with Crippen LogP contribution in [0, 0.1) is 0 Å². The van der Waals surface area contributed by atoms with Gasteiger partial charge in [-0.2, -0.15) is 4.31 Å². The number of nitrogens with zero attached hydrogens (tertiary/aromatic N) is 2. The van der Waals surface area contributed by atoms with E-state index >= 15 is 0 Å². The molecule has 2 N–H and O–H groups in total. The fraction of sp³-hybridized carbons (Fsp3) is 0.615. The average Bonchev–Trinajstić information content (AvgIpc) is 2.34. The average molecular weight is 285 g/mol. The predicted octanol–water partition coefficient (Wildman–Crippen LogP) is 2.25. The first-order valence-electron chi connectivity index (χ1n) is 6.63. The topological polar surface area (TPSA) is 76.3 Å². The standard InChI is InChI=1S/C13H23N3O2S/c1-4-5-6-10-16(11(2)3)19(17,18)12-8-7-9-15-13(12)14/h7-9,11H,4-6,10H2,1-3H3,(H2,14,15). The molecule has 0 amide bonds. The molecular weight excluding hydrogens is 262 g/mol. The molecule has 0 unspecified atom stereocenters. The maximum atomic E-state index is 12.6. The van der Waals surface area contributed by atoms with Gasteiger partial charge in [0.1, 0.15) is 10.7 Å². The summed E-state index contributed by atoms with van der Waals surface area (Å²) in [7, 11) is -3.57. The third-order valence-corrected chi connectivity index (χ3v) is 5.07. The minimum atomic E-state index is -3.57. The molecule has 0 aromatic carbocycles. The zero-order chi connectivity index (χ0) is 14.5. The molecule has 1 aromatic rings. The summed E-state index contributed by atoms with van der Waals surface area (Å²) in [5.41, 5.74) is 5.68. The lowest BCUT2D eigenvalue weighted by Crippen LogP contribution is -2.38. The fourth-order valence-electron chi connectivity index (χ4n) is 1.92. The first-order valence-corrected chi connectivity index (χ1v) is 8.07. The Bertz CT molecular complexity index is 500. The zero-order valence-electron chi connectivity index (χ0n) is 11.8. The quantitative estimate of drug-likeness (QED) is 0.780. The number of hydrogen-bond acceptors (Lipinski definition) is 4. The van der Waals surface area contributed by atoms with Gasteiger partial charge in [0.15, 0.2) is 0 Å². The van der Waals surface area contributed by atoms with E-state index in [-0.39, 0.29) is 16.8 Å². The van der Waals surface area contributed by atoms with E-state index < -0.39 is 10.0 Å². The van der Waals surface area contributed by atoms with Crippen LogP contribution >= 0.6 is 0 Å². The molecule has 0 saturated heterocycles. The summed E-state index contributed by atoms with van der Waals surface area (Å²) >= 11 is 0. The normalized spacial score (nSPS) is 12.3. The largest absolute Gasteiger partial charge is 0.383 e. The van der Waals surface area contributed by atoms with Crippen LogP contribution in [0.3, 0.4) is 0 Å². The lowest BCUT2D eigenvalue weighted by Gasteiger charge is -2.26. The zero-order valence-corrected chi connectivity index (χ0v) is 12.7. The molecule has 6 heteroatoms. The van der Waals surface area contributed by atoms with Crippen LogP contribution in [-0.4, -0.2) is 30.3 Å². The molecule has 0 bridgehead atoms. The van der Waals surface area contributed by atoms with Crippen LogP contribution < -0.4 is 5.73 Å². The van der Waals surface area contributed by atoms with Crippen LogP contribution in [0.25, 0.3) is 0 Å². The number of nitrogens with two attached hydrogens (primary N) is 1. The monoisotopic (exact) mass is 285 g/mol. The second-order valence-corrected chi connectivity index (χ2v) is 6.66. The molecule has 0 aliphatic carbocycles. The van der Waals surface area contributed by atoms with Gasteiger partial charge in [0.05, 0.1) is 0 Å². The molecule has 1 aromatic heterocycles. The van der Waals surface area contributed by atoms with Gasteiger partial charge in [-0.3, -0.25) is 0 Å².